The van der Waals surface area contributed by atoms with Crippen molar-refractivity contribution in [3.63, 3.8) is 0 Å². The average molecular weight is 1150 g/mol. The molecule has 0 bridgehead atoms. The molecule has 15 N–H and O–H groups in total. The summed E-state index contributed by atoms with van der Waals surface area (Å²) in [5, 5.41) is 58.1. The number of aliphatic hydroxyl groups is 3. The summed E-state index contributed by atoms with van der Waals surface area (Å²) in [4.78, 5) is 150. The molecule has 5 rings (SSSR count). The number of amides is 10. The van der Waals surface area contributed by atoms with E-state index in [2.05, 4.69) is 93.4 Å². The highest BCUT2D eigenvalue weighted by Crippen LogP contribution is 2.20. The predicted octanol–water partition coefficient (Wildman–Crippen LogP) is -3.54. The molecule has 80 heavy (non-hydrogen) atoms. The van der Waals surface area contributed by atoms with Crippen LogP contribution in [0.5, 0.6) is 0 Å². The van der Waals surface area contributed by atoms with Gasteiger partial charge in [-0.15, -0.1) is 0 Å². The Morgan fingerprint density at radius 1 is 0.500 bits per heavy atom. The SMILES string of the molecule is CC(C)C[C@@H]1NC(=O)[C@H]([C@@H](C)O)NC(=O)[C@H](Cc2ccccc2)NC(=O)CNC(=O)[C@H](Cc2c[nH]c3ccccc23)NC(=O)[C@H](Cc2cnc[nH]2)NC(=O)[C@H]([C@@H](C)O)NC(=O)[C@H]([C@@H](C)O)NC(=O)[C@H](CS)NC(=O)[C@@H](CS)NC1=O. The molecular formula is C52H71N13O13S2. The minimum Gasteiger partial charge on any atom is -0.391 e. The lowest BCUT2D eigenvalue weighted by Crippen LogP contribution is -2.64. The molecule has 2 aromatic carbocycles. The van der Waals surface area contributed by atoms with E-state index in [1.54, 1.807) is 74.6 Å². The van der Waals surface area contributed by atoms with Crippen molar-refractivity contribution in [2.75, 3.05) is 18.1 Å². The average Bonchev–Trinajstić information content (AvgIpc) is 4.10. The van der Waals surface area contributed by atoms with E-state index in [0.717, 1.165) is 13.8 Å². The summed E-state index contributed by atoms with van der Waals surface area (Å²) in [5.74, 6) is -10.9. The van der Waals surface area contributed by atoms with E-state index in [9.17, 15) is 63.3 Å². The van der Waals surface area contributed by atoms with Crippen LogP contribution >= 0.6 is 25.3 Å². The number of nitrogens with zero attached hydrogens (tertiary/aromatic N) is 1. The Morgan fingerprint density at radius 2 is 0.950 bits per heavy atom. The summed E-state index contributed by atoms with van der Waals surface area (Å²) in [6, 6.07) is 1.33. The van der Waals surface area contributed by atoms with Gasteiger partial charge in [0.25, 0.3) is 0 Å². The fourth-order valence-corrected chi connectivity index (χ4v) is 9.06. The third-order valence-corrected chi connectivity index (χ3v) is 13.6. The number of hydrogen-bond acceptors (Lipinski definition) is 16. The van der Waals surface area contributed by atoms with Crippen LogP contribution in [0.3, 0.4) is 0 Å². The molecule has 26 nitrogen and oxygen atoms in total. The second-order valence-corrected chi connectivity index (χ2v) is 20.6. The van der Waals surface area contributed by atoms with Gasteiger partial charge in [-0.25, -0.2) is 4.98 Å². The minimum atomic E-state index is -1.85. The number of imidazole rings is 1. The summed E-state index contributed by atoms with van der Waals surface area (Å²) in [6.07, 6.45) is -1.25. The van der Waals surface area contributed by atoms with Gasteiger partial charge in [0, 0.05) is 59.8 Å². The Hall–Kier alpha value is -7.53. The molecule has 12 atom stereocenters. The van der Waals surface area contributed by atoms with Crippen LogP contribution in [0, 0.1) is 5.92 Å². The molecular weight excluding hydrogens is 1080 g/mol. The van der Waals surface area contributed by atoms with Gasteiger partial charge in [-0.2, -0.15) is 25.3 Å². The number of carbonyl (C=O) groups excluding carboxylic acids is 10. The van der Waals surface area contributed by atoms with Crippen LogP contribution in [-0.4, -0.2) is 180 Å². The van der Waals surface area contributed by atoms with Gasteiger partial charge in [-0.1, -0.05) is 62.4 Å². The maximum atomic E-state index is 14.5. The van der Waals surface area contributed by atoms with Gasteiger partial charge in [0.05, 0.1) is 31.2 Å². The molecule has 2 aromatic heterocycles. The largest absolute Gasteiger partial charge is 0.391 e. The normalized spacial score (nSPS) is 25.5. The zero-order valence-corrected chi connectivity index (χ0v) is 46.4. The van der Waals surface area contributed by atoms with E-state index in [1.165, 1.54) is 19.4 Å². The molecule has 4 aromatic rings. The van der Waals surface area contributed by atoms with E-state index < -0.39 is 144 Å². The topological polar surface area (TPSA) is 396 Å². The Morgan fingerprint density at radius 3 is 1.50 bits per heavy atom. The monoisotopic (exact) mass is 1150 g/mol. The van der Waals surface area contributed by atoms with Crippen LogP contribution in [0.15, 0.2) is 73.3 Å². The van der Waals surface area contributed by atoms with Crippen LogP contribution in [-0.2, 0) is 67.2 Å². The van der Waals surface area contributed by atoms with Gasteiger partial charge in [0.2, 0.25) is 59.1 Å². The van der Waals surface area contributed by atoms with E-state index in [4.69, 9.17) is 0 Å². The highest BCUT2D eigenvalue weighted by molar-refractivity contribution is 7.80. The number of aliphatic hydroxyl groups excluding tert-OH is 3. The summed E-state index contributed by atoms with van der Waals surface area (Å²) < 4.78 is 0. The maximum absolute atomic E-state index is 14.5. The molecule has 1 saturated heterocycles. The van der Waals surface area contributed by atoms with E-state index in [-0.39, 0.29) is 37.4 Å². The van der Waals surface area contributed by atoms with E-state index >= 15 is 0 Å². The van der Waals surface area contributed by atoms with Gasteiger partial charge in [-0.05, 0) is 50.3 Å². The number of para-hydroxylation sites is 1. The Labute approximate surface area is 471 Å². The van der Waals surface area contributed by atoms with Crippen LogP contribution < -0.4 is 53.2 Å². The fraction of sp³-hybridized carbons (Fsp3) is 0.481. The number of thiol groups is 2. The molecule has 0 unspecified atom stereocenters. The van der Waals surface area contributed by atoms with E-state index in [0.29, 0.717) is 27.7 Å². The number of aromatic nitrogens is 3. The second-order valence-electron chi connectivity index (χ2n) is 19.9. The molecule has 3 heterocycles. The van der Waals surface area contributed by atoms with Crippen molar-refractivity contribution < 1.29 is 63.3 Å². The third-order valence-electron chi connectivity index (χ3n) is 12.9. The van der Waals surface area contributed by atoms with Crippen LogP contribution in [0.25, 0.3) is 10.9 Å². The maximum Gasteiger partial charge on any atom is 0.245 e. The first-order valence-electron chi connectivity index (χ1n) is 25.8. The van der Waals surface area contributed by atoms with Gasteiger partial charge < -0.3 is 78.5 Å². The number of rotatable bonds is 13. The number of fused-ring (bicyclic) bond motifs is 1. The molecule has 1 aliphatic rings. The van der Waals surface area contributed by atoms with E-state index in [1.807, 2.05) is 0 Å². The highest BCUT2D eigenvalue weighted by atomic mass is 32.1. The number of H-pyrrole nitrogens is 2. The quantitative estimate of drug-likeness (QED) is 0.0577. The lowest BCUT2D eigenvalue weighted by Gasteiger charge is -2.29. The summed E-state index contributed by atoms with van der Waals surface area (Å²) in [6.45, 7) is 6.23. The fourth-order valence-electron chi connectivity index (χ4n) is 8.55. The van der Waals surface area contributed by atoms with Crippen molar-refractivity contribution >= 4 is 95.2 Å². The first-order chi connectivity index (χ1) is 38.0. The smallest absolute Gasteiger partial charge is 0.245 e. The van der Waals surface area contributed by atoms with Crippen LogP contribution in [0.1, 0.15) is 57.9 Å². The zero-order valence-electron chi connectivity index (χ0n) is 44.6. The van der Waals surface area contributed by atoms with Crippen molar-refractivity contribution in [2.24, 2.45) is 5.92 Å². The first-order valence-corrected chi connectivity index (χ1v) is 27.1. The van der Waals surface area contributed by atoms with Crippen LogP contribution in [0.4, 0.5) is 0 Å². The van der Waals surface area contributed by atoms with Crippen molar-refractivity contribution in [1.29, 1.82) is 0 Å². The zero-order chi connectivity index (χ0) is 58.8. The number of benzene rings is 2. The number of nitrogens with one attached hydrogen (secondary N) is 12. The Kier molecular flexibility index (Phi) is 23.9. The molecule has 0 aliphatic carbocycles. The molecule has 28 heteroatoms. The van der Waals surface area contributed by atoms with Crippen molar-refractivity contribution in [2.45, 2.75) is 133 Å². The Balaban J connectivity index is 1.55. The molecule has 1 aliphatic heterocycles. The summed E-state index contributed by atoms with van der Waals surface area (Å²) in [7, 11) is 0. The molecule has 434 valence electrons. The summed E-state index contributed by atoms with van der Waals surface area (Å²) >= 11 is 8.41. The minimum absolute atomic E-state index is 0.0164. The lowest BCUT2D eigenvalue weighted by molar-refractivity contribution is -0.138. The van der Waals surface area contributed by atoms with Gasteiger partial charge >= 0.3 is 0 Å². The standard InChI is InChI=1S/C52H71N13O13S2/c1-25(2)15-34-45(71)61-38(22-79)48(74)62-39(23-80)49(75)64-43(28(5)68)52(78)65-42(27(4)67)51(77)60-37(18-31-20-53-24-56-31)46(72)58-36(17-30-19-54-33-14-10-9-13-32(30)33)44(70)55-21-40(69)57-35(16-29-11-7-6-8-12-29)47(73)63-41(26(3)66)50(76)59-34/h6-14,19-20,24-28,34-39,41-43,54,66-68,79-80H,15-18,21-23H2,1-5H3,(H,53,56)(H,55,70)(H,57,69)(H,58,72)(H,59,76)(H,60,77)(H,61,71)(H,62,74)(H,63,73)(H,64,75)(H,65,78)/t26-,27-,28-,34+,35+,36+,37+,38-,39+,41+,42+,43+/m1/s1. The first kappa shape index (κ1) is 63.3. The van der Waals surface area contributed by atoms with Crippen molar-refractivity contribution in [3.05, 3.63) is 90.1 Å². The summed E-state index contributed by atoms with van der Waals surface area (Å²) in [5.41, 5.74) is 2.15. The molecule has 0 saturated carbocycles. The molecule has 0 spiro atoms. The van der Waals surface area contributed by atoms with Gasteiger partial charge in [0.1, 0.15) is 54.4 Å². The number of hydrogen-bond donors (Lipinski definition) is 17. The van der Waals surface area contributed by atoms with Crippen molar-refractivity contribution in [1.82, 2.24) is 68.1 Å². The van der Waals surface area contributed by atoms with Gasteiger partial charge in [0.15, 0.2) is 0 Å². The molecule has 0 radical (unpaired) electrons. The van der Waals surface area contributed by atoms with Crippen molar-refractivity contribution in [3.8, 4) is 0 Å². The highest BCUT2D eigenvalue weighted by Gasteiger charge is 2.38. The van der Waals surface area contributed by atoms with Gasteiger partial charge in [-0.3, -0.25) is 47.9 Å². The molecule has 1 fully saturated rings. The third kappa shape index (κ3) is 18.3. The second kappa shape index (κ2) is 30.2. The predicted molar refractivity (Wildman–Crippen MR) is 297 cm³/mol. The lowest BCUT2D eigenvalue weighted by atomic mass is 10.0. The number of carbonyl (C=O) groups is 10. The Bertz CT molecular complexity index is 2800. The molecule has 10 amide bonds. The van der Waals surface area contributed by atoms with Crippen LogP contribution in [0.2, 0.25) is 0 Å². The number of aromatic amines is 2.